The van der Waals surface area contributed by atoms with Gasteiger partial charge in [-0.1, -0.05) is 19.8 Å². The first-order valence-electron chi connectivity index (χ1n) is 6.52. The summed E-state index contributed by atoms with van der Waals surface area (Å²) in [4.78, 5) is 22.5. The molecule has 6 heteroatoms. The van der Waals surface area contributed by atoms with E-state index in [4.69, 9.17) is 5.11 Å². The van der Waals surface area contributed by atoms with Crippen LogP contribution in [-0.4, -0.2) is 40.7 Å². The van der Waals surface area contributed by atoms with Gasteiger partial charge in [-0.25, -0.2) is 9.59 Å². The molecule has 1 heterocycles. The normalized spacial score (nSPS) is 21.1. The molecule has 5 nitrogen and oxygen atoms in total. The maximum absolute atomic E-state index is 11.6. The van der Waals surface area contributed by atoms with Crippen molar-refractivity contribution >= 4 is 23.8 Å². The van der Waals surface area contributed by atoms with E-state index in [9.17, 15) is 9.59 Å². The highest BCUT2D eigenvalue weighted by molar-refractivity contribution is 7.99. The zero-order valence-corrected chi connectivity index (χ0v) is 11.6. The third-order valence-electron chi connectivity index (χ3n) is 2.95. The largest absolute Gasteiger partial charge is 0.480 e. The number of thioether (sulfide) groups is 1. The van der Waals surface area contributed by atoms with Crippen molar-refractivity contribution in [1.29, 1.82) is 0 Å². The van der Waals surface area contributed by atoms with E-state index >= 15 is 0 Å². The number of amides is 2. The summed E-state index contributed by atoms with van der Waals surface area (Å²) in [7, 11) is 0. The predicted molar refractivity (Wildman–Crippen MR) is 73.0 cm³/mol. The molecule has 0 aromatic carbocycles. The summed E-state index contributed by atoms with van der Waals surface area (Å²) < 4.78 is 0. The molecule has 0 aromatic heterocycles. The van der Waals surface area contributed by atoms with Crippen LogP contribution >= 0.6 is 11.8 Å². The Balaban J connectivity index is 2.24. The fourth-order valence-electron chi connectivity index (χ4n) is 1.93. The highest BCUT2D eigenvalue weighted by atomic mass is 32.2. The maximum Gasteiger partial charge on any atom is 0.326 e. The highest BCUT2D eigenvalue weighted by Gasteiger charge is 2.20. The second kappa shape index (κ2) is 8.24. The van der Waals surface area contributed by atoms with Crippen LogP contribution in [0.1, 0.15) is 39.0 Å². The molecule has 0 spiro atoms. The second-order valence-corrected chi connectivity index (χ2v) is 5.93. The van der Waals surface area contributed by atoms with Crippen molar-refractivity contribution in [3.8, 4) is 0 Å². The van der Waals surface area contributed by atoms with E-state index in [2.05, 4.69) is 10.6 Å². The molecule has 3 N–H and O–H groups in total. The SMILES string of the molecule is CCCC(NC(=O)NCC1CCCCS1)C(=O)O. The number of carboxylic acids is 1. The van der Waals surface area contributed by atoms with Gasteiger partial charge in [-0.2, -0.15) is 11.8 Å². The van der Waals surface area contributed by atoms with Crippen LogP contribution in [-0.2, 0) is 4.79 Å². The Morgan fingerprint density at radius 3 is 2.78 bits per heavy atom. The molecule has 2 amide bonds. The third kappa shape index (κ3) is 5.62. The lowest BCUT2D eigenvalue weighted by Crippen LogP contribution is -2.47. The van der Waals surface area contributed by atoms with Crippen LogP contribution in [0.15, 0.2) is 0 Å². The maximum atomic E-state index is 11.6. The minimum atomic E-state index is -0.973. The molecular weight excluding hydrogens is 252 g/mol. The number of aliphatic carboxylic acids is 1. The van der Waals surface area contributed by atoms with Crippen LogP contribution in [0.3, 0.4) is 0 Å². The monoisotopic (exact) mass is 274 g/mol. The Kier molecular flexibility index (Phi) is 6.93. The topological polar surface area (TPSA) is 78.4 Å². The first-order valence-corrected chi connectivity index (χ1v) is 7.57. The van der Waals surface area contributed by atoms with Crippen LogP contribution in [0.5, 0.6) is 0 Å². The van der Waals surface area contributed by atoms with E-state index in [1.54, 1.807) is 0 Å². The molecule has 0 aliphatic carbocycles. The minimum Gasteiger partial charge on any atom is -0.480 e. The van der Waals surface area contributed by atoms with Gasteiger partial charge in [0.2, 0.25) is 0 Å². The average molecular weight is 274 g/mol. The summed E-state index contributed by atoms with van der Waals surface area (Å²) in [5.74, 6) is 0.181. The van der Waals surface area contributed by atoms with Gasteiger partial charge in [0.15, 0.2) is 0 Å². The van der Waals surface area contributed by atoms with E-state index in [1.165, 1.54) is 12.8 Å². The van der Waals surface area contributed by atoms with E-state index in [0.717, 1.165) is 18.6 Å². The van der Waals surface area contributed by atoms with Gasteiger partial charge in [-0.3, -0.25) is 0 Å². The summed E-state index contributed by atoms with van der Waals surface area (Å²) in [6.07, 6.45) is 4.79. The van der Waals surface area contributed by atoms with Gasteiger partial charge in [-0.05, 0) is 25.0 Å². The summed E-state index contributed by atoms with van der Waals surface area (Å²) in [5, 5.41) is 14.7. The lowest BCUT2D eigenvalue weighted by atomic mass is 10.2. The number of carboxylic acid groups (broad SMARTS) is 1. The van der Waals surface area contributed by atoms with Crippen molar-refractivity contribution in [2.45, 2.75) is 50.3 Å². The second-order valence-electron chi connectivity index (χ2n) is 4.52. The zero-order valence-electron chi connectivity index (χ0n) is 10.8. The number of carbonyl (C=O) groups is 2. The standard InChI is InChI=1S/C12H22N2O3S/c1-2-5-10(11(15)16)14-12(17)13-8-9-6-3-4-7-18-9/h9-10H,2-8H2,1H3,(H,15,16)(H2,13,14,17). The lowest BCUT2D eigenvalue weighted by molar-refractivity contribution is -0.139. The van der Waals surface area contributed by atoms with Crippen LogP contribution in [0.25, 0.3) is 0 Å². The van der Waals surface area contributed by atoms with Crippen molar-refractivity contribution in [2.75, 3.05) is 12.3 Å². The molecule has 0 aromatic rings. The molecule has 0 radical (unpaired) electrons. The first-order chi connectivity index (χ1) is 8.63. The van der Waals surface area contributed by atoms with Gasteiger partial charge in [0.1, 0.15) is 6.04 Å². The Hall–Kier alpha value is -0.910. The number of nitrogens with one attached hydrogen (secondary N) is 2. The summed E-state index contributed by atoms with van der Waals surface area (Å²) in [5.41, 5.74) is 0. The van der Waals surface area contributed by atoms with Crippen LogP contribution in [0.2, 0.25) is 0 Å². The van der Waals surface area contributed by atoms with E-state index in [0.29, 0.717) is 18.2 Å². The molecule has 0 bridgehead atoms. The van der Waals surface area contributed by atoms with Crippen molar-refractivity contribution < 1.29 is 14.7 Å². The van der Waals surface area contributed by atoms with Crippen molar-refractivity contribution in [3.05, 3.63) is 0 Å². The van der Waals surface area contributed by atoms with Crippen LogP contribution in [0, 0.1) is 0 Å². The molecule has 1 fully saturated rings. The molecule has 0 saturated carbocycles. The highest BCUT2D eigenvalue weighted by Crippen LogP contribution is 2.24. The van der Waals surface area contributed by atoms with Gasteiger partial charge in [-0.15, -0.1) is 0 Å². The van der Waals surface area contributed by atoms with Gasteiger partial charge >= 0.3 is 12.0 Å². The molecule has 2 unspecified atom stereocenters. The third-order valence-corrected chi connectivity index (χ3v) is 4.34. The Morgan fingerprint density at radius 1 is 1.44 bits per heavy atom. The molecule has 2 atom stereocenters. The fraction of sp³-hybridized carbons (Fsp3) is 0.833. The van der Waals surface area contributed by atoms with E-state index < -0.39 is 12.0 Å². The van der Waals surface area contributed by atoms with Gasteiger partial charge in [0, 0.05) is 11.8 Å². The Morgan fingerprint density at radius 2 is 2.22 bits per heavy atom. The average Bonchev–Trinajstić information content (AvgIpc) is 2.37. The number of carbonyl (C=O) groups excluding carboxylic acids is 1. The number of hydrogen-bond acceptors (Lipinski definition) is 3. The molecule has 1 aliphatic heterocycles. The van der Waals surface area contributed by atoms with E-state index in [-0.39, 0.29) is 6.03 Å². The predicted octanol–water partition coefficient (Wildman–Crippen LogP) is 1.82. The molecule has 18 heavy (non-hydrogen) atoms. The molecular formula is C12H22N2O3S. The molecule has 104 valence electrons. The zero-order chi connectivity index (χ0) is 13.4. The smallest absolute Gasteiger partial charge is 0.326 e. The van der Waals surface area contributed by atoms with Crippen molar-refractivity contribution in [3.63, 3.8) is 0 Å². The quantitative estimate of drug-likeness (QED) is 0.690. The summed E-state index contributed by atoms with van der Waals surface area (Å²) in [6.45, 7) is 2.52. The first kappa shape index (κ1) is 15.1. The molecule has 1 rings (SSSR count). The molecule has 1 saturated heterocycles. The van der Waals surface area contributed by atoms with Gasteiger partial charge in [0.05, 0.1) is 0 Å². The number of rotatable bonds is 6. The lowest BCUT2D eigenvalue weighted by Gasteiger charge is -2.22. The fourth-order valence-corrected chi connectivity index (χ4v) is 3.17. The molecule has 1 aliphatic rings. The number of urea groups is 1. The van der Waals surface area contributed by atoms with Gasteiger partial charge in [0.25, 0.3) is 0 Å². The minimum absolute atomic E-state index is 0.373. The summed E-state index contributed by atoms with van der Waals surface area (Å²) >= 11 is 1.88. The van der Waals surface area contributed by atoms with E-state index in [1.807, 2.05) is 18.7 Å². The van der Waals surface area contributed by atoms with Crippen LogP contribution in [0.4, 0.5) is 4.79 Å². The summed E-state index contributed by atoms with van der Waals surface area (Å²) in [6, 6.07) is -1.16. The Bertz CT molecular complexity index is 280. The van der Waals surface area contributed by atoms with Crippen LogP contribution < -0.4 is 10.6 Å². The Labute approximate surface area is 112 Å². The number of hydrogen-bond donors (Lipinski definition) is 3. The van der Waals surface area contributed by atoms with Crippen molar-refractivity contribution in [1.82, 2.24) is 10.6 Å². The van der Waals surface area contributed by atoms with Crippen molar-refractivity contribution in [2.24, 2.45) is 0 Å². The van der Waals surface area contributed by atoms with Gasteiger partial charge < -0.3 is 15.7 Å².